The van der Waals surface area contributed by atoms with E-state index in [1.54, 1.807) is 109 Å². The zero-order valence-electron chi connectivity index (χ0n) is 55.3. The zero-order chi connectivity index (χ0) is 70.1. The molecule has 6 aromatic rings. The maximum atomic E-state index is 12.2. The molecule has 0 unspecified atom stereocenters. The minimum atomic E-state index is -3.53. The van der Waals surface area contributed by atoms with Crippen LogP contribution in [-0.2, 0) is 65.2 Å². The van der Waals surface area contributed by atoms with Crippen molar-refractivity contribution in [2.45, 2.75) is 139 Å². The van der Waals surface area contributed by atoms with Gasteiger partial charge in [-0.3, -0.25) is 4.79 Å². The SMILES string of the molecule is C.C.CC.CS.CS(=O)(=O)N1CCC[C@H]1CO.CS(=O)(=O)N1CCC[C@H]1CO.NCc1ccc(S(=O)(=O)c2ccccc2)s1.O=CO[O-].O=S(=O)(Cl)c1ccccc1.O=S(=O)(c1ccccc1)N1CCC[C@H]1CO.OC[C@@H]1CCCN1.[C-]#[N+]c1ccc(Sc2ccccc2)s1.[H-].[K+].[K+]. The number of thiol groups is 1. The molecule has 97 heavy (non-hydrogen) atoms. The number of hydrogen-bond acceptors (Lipinski definition) is 23. The van der Waals surface area contributed by atoms with E-state index in [0.717, 1.165) is 61.4 Å². The van der Waals surface area contributed by atoms with Gasteiger partial charge in [0.05, 0.1) is 64.4 Å². The van der Waals surface area contributed by atoms with Crippen LogP contribution < -0.4 is 119 Å². The number of sulfonamides is 3. The Bertz CT molecular complexity index is 3590. The fourth-order valence-corrected chi connectivity index (χ4v) is 18.1. The van der Waals surface area contributed by atoms with E-state index >= 15 is 0 Å². The van der Waals surface area contributed by atoms with E-state index in [9.17, 15) is 42.1 Å². The Morgan fingerprint density at radius 2 is 1.03 bits per heavy atom. The second-order valence-electron chi connectivity index (χ2n) is 19.4. The van der Waals surface area contributed by atoms with E-state index in [-0.39, 0.29) is 168 Å². The minimum absolute atomic E-state index is 0. The summed E-state index contributed by atoms with van der Waals surface area (Å²) < 4.78 is 120. The second-order valence-corrected chi connectivity index (χ2v) is 33.5. The number of thiophene rings is 2. The van der Waals surface area contributed by atoms with Crippen LogP contribution in [0.5, 0.6) is 0 Å². The van der Waals surface area contributed by atoms with Crippen molar-refractivity contribution in [2.24, 2.45) is 5.73 Å². The quantitative estimate of drug-likeness (QED) is 0.0148. The Morgan fingerprint density at radius 1 is 0.629 bits per heavy atom. The Kier molecular flexibility index (Phi) is 59.3. The van der Waals surface area contributed by atoms with Gasteiger partial charge in [0.15, 0.2) is 0 Å². The number of nitrogens with two attached hydrogens (primary N) is 1. The van der Waals surface area contributed by atoms with Crippen molar-refractivity contribution < 1.29 is 182 Å². The summed E-state index contributed by atoms with van der Waals surface area (Å²) in [7, 11) is -11.5. The predicted octanol–water partition coefficient (Wildman–Crippen LogP) is 2.87. The van der Waals surface area contributed by atoms with Crippen molar-refractivity contribution >= 4 is 118 Å². The molecule has 0 amide bonds. The first-order valence-electron chi connectivity index (χ1n) is 28.9. The van der Waals surface area contributed by atoms with Crippen LogP contribution >= 0.6 is 57.7 Å². The molecule has 4 aliphatic heterocycles. The molecule has 0 aliphatic carbocycles. The Labute approximate surface area is 686 Å². The molecule has 4 atom stereocenters. The van der Waals surface area contributed by atoms with Gasteiger partial charge in [-0.2, -0.15) is 25.5 Å². The molecule has 7 N–H and O–H groups in total. The van der Waals surface area contributed by atoms with Gasteiger partial charge in [0.1, 0.15) is 4.21 Å². The summed E-state index contributed by atoms with van der Waals surface area (Å²) in [6.07, 6.45) is 11.3. The summed E-state index contributed by atoms with van der Waals surface area (Å²) in [6, 6.07) is 41.8. The number of nitrogens with zero attached hydrogens (tertiary/aromatic N) is 4. The van der Waals surface area contributed by atoms with Gasteiger partial charge < -0.3 is 43.0 Å². The molecule has 0 bridgehead atoms. The van der Waals surface area contributed by atoms with Crippen LogP contribution in [0, 0.1) is 6.57 Å². The predicted molar refractivity (Wildman–Crippen MR) is 385 cm³/mol. The summed E-state index contributed by atoms with van der Waals surface area (Å²) in [6.45, 7) is 13.8. The van der Waals surface area contributed by atoms with Crippen LogP contribution in [0.1, 0.15) is 86.4 Å². The Balaban J connectivity index is -0.000000338. The van der Waals surface area contributed by atoms with E-state index in [0.29, 0.717) is 52.8 Å². The van der Waals surface area contributed by atoms with Crippen molar-refractivity contribution in [2.75, 3.05) is 71.4 Å². The number of halogens is 1. The first-order chi connectivity index (χ1) is 44.2. The molecule has 4 aromatic carbocycles. The normalized spacial score (nSPS) is 17.0. The molecule has 4 fully saturated rings. The third kappa shape index (κ3) is 39.0. The molecule has 0 radical (unpaired) electrons. The summed E-state index contributed by atoms with van der Waals surface area (Å²) >= 11 is 7.98. The molecule has 35 heteroatoms. The summed E-state index contributed by atoms with van der Waals surface area (Å²) in [5, 5.41) is 47.6. The van der Waals surface area contributed by atoms with Crippen molar-refractivity contribution in [1.29, 1.82) is 0 Å². The summed E-state index contributed by atoms with van der Waals surface area (Å²) in [4.78, 5) is 17.5. The van der Waals surface area contributed by atoms with Crippen molar-refractivity contribution in [1.82, 2.24) is 18.2 Å². The van der Waals surface area contributed by atoms with Gasteiger partial charge >= 0.3 is 103 Å². The molecule has 4 saturated heterocycles. The third-order valence-corrected chi connectivity index (χ3v) is 24.5. The van der Waals surface area contributed by atoms with E-state index in [4.69, 9.17) is 53.5 Å². The van der Waals surface area contributed by atoms with Crippen LogP contribution in [0.3, 0.4) is 0 Å². The van der Waals surface area contributed by atoms with Gasteiger partial charge in [0, 0.05) is 70.8 Å². The van der Waals surface area contributed by atoms with Crippen LogP contribution in [0.15, 0.2) is 174 Å². The molecule has 2 aromatic heterocycles. The number of hydrogen-bond donors (Lipinski definition) is 7. The smallest absolute Gasteiger partial charge is 1.00 e. The molecular formula is C62H95ClK2N6O17S9. The number of aliphatic hydroxyl groups excluding tert-OH is 4. The van der Waals surface area contributed by atoms with Gasteiger partial charge in [0.2, 0.25) is 44.9 Å². The maximum absolute atomic E-state index is 12.2. The molecule has 23 nitrogen and oxygen atoms in total. The van der Waals surface area contributed by atoms with Gasteiger partial charge in [-0.15, -0.1) is 22.7 Å². The molecule has 0 spiro atoms. The number of nitrogens with one attached hydrogen (secondary N) is 1. The first-order valence-corrected chi connectivity index (χ1v) is 41.2. The number of carbonyl (C=O) groups is 1. The first kappa shape index (κ1) is 102. The fraction of sp³-hybridized carbons (Fsp3) is 0.452. The van der Waals surface area contributed by atoms with Crippen molar-refractivity contribution in [3.63, 3.8) is 0 Å². The average molecular weight is 1600 g/mol. The molecule has 10 rings (SSSR count). The van der Waals surface area contributed by atoms with Crippen molar-refractivity contribution in [3.05, 3.63) is 162 Å². The van der Waals surface area contributed by atoms with Gasteiger partial charge in [0.25, 0.3) is 15.5 Å². The Hall–Kier alpha value is -1.15. The van der Waals surface area contributed by atoms with Gasteiger partial charge in [-0.1, -0.05) is 113 Å². The van der Waals surface area contributed by atoms with Crippen LogP contribution in [-0.4, -0.2) is 177 Å². The summed E-state index contributed by atoms with van der Waals surface area (Å²) in [5.41, 5.74) is 5.46. The summed E-state index contributed by atoms with van der Waals surface area (Å²) in [5.74, 6) is 0. The monoisotopic (exact) mass is 1600 g/mol. The van der Waals surface area contributed by atoms with Gasteiger partial charge in [-0.25, -0.2) is 46.9 Å². The minimum Gasteiger partial charge on any atom is -1.00 e. The van der Waals surface area contributed by atoms with Crippen LogP contribution in [0.2, 0.25) is 0 Å². The molecule has 4 aliphatic rings. The average Bonchev–Trinajstić information content (AvgIpc) is 1.56. The molecular weight excluding hydrogens is 1500 g/mol. The number of sulfone groups is 1. The van der Waals surface area contributed by atoms with Gasteiger partial charge in [-0.05, 0) is 137 Å². The van der Waals surface area contributed by atoms with Crippen LogP contribution in [0.25, 0.3) is 4.85 Å². The second kappa shape index (κ2) is 56.3. The molecule has 6 heterocycles. The molecule has 538 valence electrons. The maximum Gasteiger partial charge on any atom is 1.00 e. The zero-order valence-corrected chi connectivity index (χ0v) is 68.7. The van der Waals surface area contributed by atoms with E-state index in [1.165, 1.54) is 75.8 Å². The fourth-order valence-electron chi connectivity index (χ4n) is 8.75. The molecule has 0 saturated carbocycles. The standard InChI is InChI=1S/C11H15NO3S.C11H11NO2S2.C11H7NS2.C6H5ClO2S.2C6H13NO3S.C5H11NO.C2H6.CH2O3.CH4S.2CH4.2K.H/c13-9-10-5-4-8-12(10)16(14,15)11-6-2-1-3-7-11;12-8-9-6-7-11(15-9)16(13,14)10-4-2-1-3-5-10;1-12-10-7-8-11(14-10)13-9-5-3-2-4-6-9;7-10(8,9)6-4-2-1-3-5-6;2*1-11(9,10)7-4-2-3-6(7)5-8;7-4-5-2-1-3-6-5;1-2;2-1-4-3;1-2;;;;;/h1-3,6-7,10,13H,4-5,8-9H2;1-7H,8,12H2;2-8H;1-5H;2*6,8H,2-5H2,1H3;5-7H,1-4H2;1-2H3;1,3H;2H,1H3;2*1H4;;;/q;;;;;;;;;;;;2*+1;-1/p-1/t10-;;;;2*6-;5-;;;;;;;;/m0...000......../s1. The van der Waals surface area contributed by atoms with E-state index in [2.05, 4.69) is 39.8 Å². The topological polar surface area (TPSA) is 353 Å². The number of rotatable bonds is 15. The third-order valence-electron chi connectivity index (χ3n) is 13.0. The van der Waals surface area contributed by atoms with Crippen molar-refractivity contribution in [3.8, 4) is 0 Å². The van der Waals surface area contributed by atoms with E-state index in [1.807, 2.05) is 44.2 Å². The van der Waals surface area contributed by atoms with E-state index < -0.39 is 49.0 Å². The number of benzene rings is 4. The largest absolute Gasteiger partial charge is 1.00 e. The number of carbonyl (C=O) groups excluding carboxylic acids is 1. The van der Waals surface area contributed by atoms with Crippen LogP contribution in [0.4, 0.5) is 5.00 Å². The number of aliphatic hydroxyl groups is 4. The Morgan fingerprint density at radius 3 is 1.34 bits per heavy atom.